The van der Waals surface area contributed by atoms with Gasteiger partial charge in [-0.15, -0.1) is 11.3 Å². The van der Waals surface area contributed by atoms with E-state index in [1.54, 1.807) is 31.4 Å². The predicted octanol–water partition coefficient (Wildman–Crippen LogP) is 4.60. The smallest absolute Gasteiger partial charge is 0.160 e. The molecule has 0 spiro atoms. The number of allylic oxidation sites excluding steroid dienone is 1. The number of hydrogen-bond donors (Lipinski definition) is 1. The molecule has 3 rings (SSSR count). The van der Waals surface area contributed by atoms with E-state index in [1.165, 1.54) is 18.4 Å². The number of rotatable bonds is 5. The topological polar surface area (TPSA) is 75.4 Å². The molecule has 26 heavy (non-hydrogen) atoms. The highest BCUT2D eigenvalue weighted by Crippen LogP contribution is 2.30. The zero-order valence-corrected chi connectivity index (χ0v) is 15.1. The Kier molecular flexibility index (Phi) is 5.20. The van der Waals surface area contributed by atoms with Crippen LogP contribution in [-0.4, -0.2) is 24.3 Å². The van der Waals surface area contributed by atoms with Crippen LogP contribution in [-0.2, 0) is 0 Å². The molecule has 0 unspecified atom stereocenters. The fourth-order valence-corrected chi connectivity index (χ4v) is 3.19. The summed E-state index contributed by atoms with van der Waals surface area (Å²) in [7, 11) is 3.11. The van der Waals surface area contributed by atoms with Crippen LogP contribution in [0.3, 0.4) is 0 Å². The van der Waals surface area contributed by atoms with Gasteiger partial charge in [0.05, 0.1) is 25.5 Å². The fourth-order valence-electron chi connectivity index (χ4n) is 2.40. The van der Waals surface area contributed by atoms with Gasteiger partial charge in [0.1, 0.15) is 16.8 Å². The molecule has 6 heteroatoms. The molecule has 0 aliphatic carbocycles. The van der Waals surface area contributed by atoms with Crippen molar-refractivity contribution in [2.75, 3.05) is 14.2 Å². The minimum absolute atomic E-state index is 0.0246. The Hall–Kier alpha value is -3.30. The molecule has 5 nitrogen and oxygen atoms in total. The zero-order valence-electron chi connectivity index (χ0n) is 14.3. The minimum Gasteiger partial charge on any atom is -0.504 e. The molecule has 0 bridgehead atoms. The third-order valence-corrected chi connectivity index (χ3v) is 4.63. The standard InChI is InChI=1S/C20H16N2O3S/c1-24-16-6-4-14(5-7-16)17-12-26-20(22-17)15(11-21)9-13-3-8-19(25-2)18(23)10-13/h3-10,12,23H,1-2H3/b15-9-. The van der Waals surface area contributed by atoms with Gasteiger partial charge in [0.2, 0.25) is 0 Å². The van der Waals surface area contributed by atoms with Crippen LogP contribution in [0, 0.1) is 11.3 Å². The van der Waals surface area contributed by atoms with Crippen molar-refractivity contribution in [3.63, 3.8) is 0 Å². The first-order valence-electron chi connectivity index (χ1n) is 7.73. The van der Waals surface area contributed by atoms with Crippen molar-refractivity contribution in [1.29, 1.82) is 5.26 Å². The zero-order chi connectivity index (χ0) is 18.5. The van der Waals surface area contributed by atoms with E-state index in [2.05, 4.69) is 11.1 Å². The molecule has 0 saturated carbocycles. The Morgan fingerprint density at radius 3 is 2.54 bits per heavy atom. The van der Waals surface area contributed by atoms with E-state index in [9.17, 15) is 10.4 Å². The maximum atomic E-state index is 9.88. The van der Waals surface area contributed by atoms with Crippen molar-refractivity contribution in [2.45, 2.75) is 0 Å². The molecule has 1 heterocycles. The number of phenols is 1. The molecule has 0 saturated heterocycles. The van der Waals surface area contributed by atoms with Gasteiger partial charge in [-0.2, -0.15) is 5.26 Å². The van der Waals surface area contributed by atoms with E-state index in [-0.39, 0.29) is 5.75 Å². The molecule has 0 fully saturated rings. The molecular weight excluding hydrogens is 348 g/mol. The van der Waals surface area contributed by atoms with Crippen molar-refractivity contribution < 1.29 is 14.6 Å². The van der Waals surface area contributed by atoms with Crippen molar-refractivity contribution in [3.05, 3.63) is 58.4 Å². The van der Waals surface area contributed by atoms with Crippen LogP contribution >= 0.6 is 11.3 Å². The molecular formula is C20H16N2O3S. The second-order valence-corrected chi connectivity index (χ2v) is 6.23. The van der Waals surface area contributed by atoms with Gasteiger partial charge >= 0.3 is 0 Å². The molecule has 0 radical (unpaired) electrons. The quantitative estimate of drug-likeness (QED) is 0.670. The number of phenolic OH excluding ortho intramolecular Hbond substituents is 1. The Morgan fingerprint density at radius 2 is 1.92 bits per heavy atom. The van der Waals surface area contributed by atoms with Crippen LogP contribution in [0.15, 0.2) is 47.8 Å². The fraction of sp³-hybridized carbons (Fsp3) is 0.100. The summed E-state index contributed by atoms with van der Waals surface area (Å²) < 4.78 is 10.2. The first-order valence-corrected chi connectivity index (χ1v) is 8.61. The Bertz CT molecular complexity index is 985. The first kappa shape index (κ1) is 17.5. The number of ether oxygens (including phenoxy) is 2. The number of nitrogens with zero attached hydrogens (tertiary/aromatic N) is 2. The highest BCUT2D eigenvalue weighted by molar-refractivity contribution is 7.11. The molecule has 1 N–H and O–H groups in total. The van der Waals surface area contributed by atoms with Crippen LogP contribution in [0.2, 0.25) is 0 Å². The summed E-state index contributed by atoms with van der Waals surface area (Å²) in [5, 5.41) is 21.9. The lowest BCUT2D eigenvalue weighted by Gasteiger charge is -2.03. The van der Waals surface area contributed by atoms with Crippen LogP contribution in [0.5, 0.6) is 17.2 Å². The lowest BCUT2D eigenvalue weighted by Crippen LogP contribution is -1.86. The summed E-state index contributed by atoms with van der Waals surface area (Å²) in [6.07, 6.45) is 1.69. The Morgan fingerprint density at radius 1 is 1.15 bits per heavy atom. The normalized spacial score (nSPS) is 11.0. The van der Waals surface area contributed by atoms with Gasteiger partial charge in [-0.25, -0.2) is 4.98 Å². The van der Waals surface area contributed by atoms with E-state index < -0.39 is 0 Å². The number of nitriles is 1. The lowest BCUT2D eigenvalue weighted by atomic mass is 10.1. The van der Waals surface area contributed by atoms with Gasteiger partial charge in [-0.1, -0.05) is 6.07 Å². The summed E-state index contributed by atoms with van der Waals surface area (Å²) >= 11 is 1.40. The van der Waals surface area contributed by atoms with Crippen molar-refractivity contribution >= 4 is 23.0 Å². The minimum atomic E-state index is 0.0246. The third kappa shape index (κ3) is 3.68. The van der Waals surface area contributed by atoms with Crippen LogP contribution in [0.1, 0.15) is 10.6 Å². The molecule has 0 amide bonds. The van der Waals surface area contributed by atoms with Crippen molar-refractivity contribution in [1.82, 2.24) is 4.98 Å². The average Bonchev–Trinajstić information content (AvgIpc) is 3.16. The number of methoxy groups -OCH3 is 2. The van der Waals surface area contributed by atoms with E-state index in [0.29, 0.717) is 21.9 Å². The van der Waals surface area contributed by atoms with Crippen LogP contribution < -0.4 is 9.47 Å². The van der Waals surface area contributed by atoms with E-state index in [1.807, 2.05) is 29.6 Å². The van der Waals surface area contributed by atoms with E-state index >= 15 is 0 Å². The molecule has 0 atom stereocenters. The van der Waals surface area contributed by atoms with Gasteiger partial charge in [-0.05, 0) is 48.0 Å². The predicted molar refractivity (Wildman–Crippen MR) is 102 cm³/mol. The molecule has 0 aliphatic heterocycles. The molecule has 2 aromatic carbocycles. The van der Waals surface area contributed by atoms with Gasteiger partial charge in [0.15, 0.2) is 11.5 Å². The summed E-state index contributed by atoms with van der Waals surface area (Å²) in [5.41, 5.74) is 2.87. The highest BCUT2D eigenvalue weighted by atomic mass is 32.1. The van der Waals surface area contributed by atoms with E-state index in [0.717, 1.165) is 17.0 Å². The van der Waals surface area contributed by atoms with Gasteiger partial charge < -0.3 is 14.6 Å². The van der Waals surface area contributed by atoms with Crippen molar-refractivity contribution in [3.8, 4) is 34.6 Å². The maximum Gasteiger partial charge on any atom is 0.160 e. The SMILES string of the molecule is COc1ccc(-c2csc(/C(C#N)=C\c3ccc(OC)c(O)c3)n2)cc1. The maximum absolute atomic E-state index is 9.88. The highest BCUT2D eigenvalue weighted by Gasteiger charge is 2.10. The lowest BCUT2D eigenvalue weighted by molar-refractivity contribution is 0.373. The number of benzene rings is 2. The second kappa shape index (κ2) is 7.72. The van der Waals surface area contributed by atoms with E-state index in [4.69, 9.17) is 9.47 Å². The molecule has 3 aromatic rings. The van der Waals surface area contributed by atoms with Crippen LogP contribution in [0.25, 0.3) is 22.9 Å². The third-order valence-electron chi connectivity index (χ3n) is 3.75. The Balaban J connectivity index is 1.90. The number of aromatic nitrogens is 1. The van der Waals surface area contributed by atoms with Crippen molar-refractivity contribution in [2.24, 2.45) is 0 Å². The summed E-state index contributed by atoms with van der Waals surface area (Å²) in [6.45, 7) is 0. The number of thiazole rings is 1. The summed E-state index contributed by atoms with van der Waals surface area (Å²) in [5.74, 6) is 1.19. The van der Waals surface area contributed by atoms with Crippen LogP contribution in [0.4, 0.5) is 0 Å². The van der Waals surface area contributed by atoms with Gasteiger partial charge in [0.25, 0.3) is 0 Å². The molecule has 1 aromatic heterocycles. The average molecular weight is 364 g/mol. The van der Waals surface area contributed by atoms with Gasteiger partial charge in [0, 0.05) is 10.9 Å². The monoisotopic (exact) mass is 364 g/mol. The molecule has 130 valence electrons. The number of hydrogen-bond acceptors (Lipinski definition) is 6. The largest absolute Gasteiger partial charge is 0.504 e. The molecule has 0 aliphatic rings. The first-order chi connectivity index (χ1) is 12.6. The van der Waals surface area contributed by atoms with Gasteiger partial charge in [-0.3, -0.25) is 0 Å². The summed E-state index contributed by atoms with van der Waals surface area (Å²) in [4.78, 5) is 4.56. The second-order valence-electron chi connectivity index (χ2n) is 5.37. The number of aromatic hydroxyl groups is 1. The Labute approximate surface area is 155 Å². The summed E-state index contributed by atoms with van der Waals surface area (Å²) in [6, 6.07) is 14.7.